The molecule has 0 aliphatic carbocycles. The summed E-state index contributed by atoms with van der Waals surface area (Å²) in [7, 11) is 1.60. The molecule has 0 aliphatic rings. The van der Waals surface area contributed by atoms with Crippen LogP contribution in [0.5, 0.6) is 5.88 Å². The van der Waals surface area contributed by atoms with E-state index in [1.165, 1.54) is 6.33 Å². The van der Waals surface area contributed by atoms with Gasteiger partial charge in [-0.3, -0.25) is 4.98 Å². The summed E-state index contributed by atoms with van der Waals surface area (Å²) >= 11 is 0. The van der Waals surface area contributed by atoms with Crippen molar-refractivity contribution in [3.05, 3.63) is 66.8 Å². The quantitative estimate of drug-likeness (QED) is 0.483. The summed E-state index contributed by atoms with van der Waals surface area (Å²) in [6.07, 6.45) is 8.79. The third kappa shape index (κ3) is 2.58. The van der Waals surface area contributed by atoms with E-state index in [-0.39, 0.29) is 0 Å². The van der Waals surface area contributed by atoms with Crippen LogP contribution in [-0.2, 0) is 6.54 Å². The number of fused-ring (bicyclic) bond motifs is 2. The average molecular weight is 371 g/mol. The first-order chi connectivity index (χ1) is 13.7. The topological polar surface area (TPSA) is 83.0 Å². The van der Waals surface area contributed by atoms with Crippen LogP contribution in [0, 0.1) is 6.92 Å². The molecule has 0 spiro atoms. The second kappa shape index (κ2) is 6.41. The number of aromatic nitrogens is 7. The number of aryl methyl sites for hydroxylation is 1. The predicted molar refractivity (Wildman–Crippen MR) is 104 cm³/mol. The molecule has 0 saturated heterocycles. The standard InChI is InChI=1S/C20H17N7O/c1-13-25-19-17(26(13)11-14-3-6-21-7-4-14)9-15(10-22-19)16-5-8-27-18(16)20(28-2)23-12-24-27/h3-10,12H,11H2,1-2H3. The largest absolute Gasteiger partial charge is 0.479 e. The molecule has 138 valence electrons. The van der Waals surface area contributed by atoms with Gasteiger partial charge in [-0.05, 0) is 36.8 Å². The minimum absolute atomic E-state index is 0.525. The maximum absolute atomic E-state index is 5.43. The molecule has 0 aliphatic heterocycles. The highest BCUT2D eigenvalue weighted by molar-refractivity contribution is 5.87. The maximum Gasteiger partial charge on any atom is 0.241 e. The van der Waals surface area contributed by atoms with Gasteiger partial charge < -0.3 is 9.30 Å². The van der Waals surface area contributed by atoms with Crippen molar-refractivity contribution in [1.82, 2.24) is 34.1 Å². The minimum atomic E-state index is 0.525. The molecule has 0 saturated carbocycles. The summed E-state index contributed by atoms with van der Waals surface area (Å²) in [5.41, 5.74) is 5.58. The van der Waals surface area contributed by atoms with Gasteiger partial charge in [0.15, 0.2) is 5.65 Å². The van der Waals surface area contributed by atoms with Crippen LogP contribution in [0.4, 0.5) is 0 Å². The van der Waals surface area contributed by atoms with E-state index >= 15 is 0 Å². The zero-order chi connectivity index (χ0) is 19.1. The predicted octanol–water partition coefficient (Wildman–Crippen LogP) is 2.90. The van der Waals surface area contributed by atoms with Gasteiger partial charge in [-0.15, -0.1) is 0 Å². The van der Waals surface area contributed by atoms with Gasteiger partial charge in [-0.1, -0.05) is 0 Å². The fraction of sp³-hybridized carbons (Fsp3) is 0.150. The SMILES string of the molecule is COc1ncnn2ccc(-c3cnc4nc(C)n(Cc5ccncc5)c4c3)c12. The smallest absolute Gasteiger partial charge is 0.241 e. The van der Waals surface area contributed by atoms with Crippen LogP contribution in [0.25, 0.3) is 27.8 Å². The molecule has 0 atom stereocenters. The Morgan fingerprint density at radius 1 is 1.11 bits per heavy atom. The molecule has 0 bridgehead atoms. The molecule has 0 N–H and O–H groups in total. The Morgan fingerprint density at radius 3 is 2.79 bits per heavy atom. The van der Waals surface area contributed by atoms with E-state index in [0.717, 1.165) is 39.2 Å². The minimum Gasteiger partial charge on any atom is -0.479 e. The summed E-state index contributed by atoms with van der Waals surface area (Å²) in [5.74, 6) is 1.44. The van der Waals surface area contributed by atoms with Gasteiger partial charge >= 0.3 is 0 Å². The molecule has 5 rings (SSSR count). The lowest BCUT2D eigenvalue weighted by Crippen LogP contribution is -2.02. The van der Waals surface area contributed by atoms with E-state index in [9.17, 15) is 0 Å². The van der Waals surface area contributed by atoms with Crippen molar-refractivity contribution in [1.29, 1.82) is 0 Å². The van der Waals surface area contributed by atoms with Crippen LogP contribution < -0.4 is 4.74 Å². The van der Waals surface area contributed by atoms with Crippen LogP contribution in [0.1, 0.15) is 11.4 Å². The molecular formula is C20H17N7O. The van der Waals surface area contributed by atoms with Crippen molar-refractivity contribution in [3.8, 4) is 17.0 Å². The molecule has 0 unspecified atom stereocenters. The molecule has 8 nitrogen and oxygen atoms in total. The zero-order valence-corrected chi connectivity index (χ0v) is 15.4. The van der Waals surface area contributed by atoms with Crippen LogP contribution in [0.2, 0.25) is 0 Å². The van der Waals surface area contributed by atoms with Crippen molar-refractivity contribution < 1.29 is 4.74 Å². The third-order valence-electron chi connectivity index (χ3n) is 4.81. The molecular weight excluding hydrogens is 354 g/mol. The van der Waals surface area contributed by atoms with Gasteiger partial charge in [0.1, 0.15) is 17.7 Å². The first-order valence-corrected chi connectivity index (χ1v) is 8.83. The number of imidazole rings is 1. The fourth-order valence-electron chi connectivity index (χ4n) is 3.45. The second-order valence-corrected chi connectivity index (χ2v) is 6.46. The van der Waals surface area contributed by atoms with Crippen LogP contribution in [0.15, 0.2) is 55.4 Å². The number of pyridine rings is 2. The van der Waals surface area contributed by atoms with E-state index in [0.29, 0.717) is 12.4 Å². The first-order valence-electron chi connectivity index (χ1n) is 8.83. The molecule has 0 fully saturated rings. The Bertz CT molecular complexity index is 1290. The van der Waals surface area contributed by atoms with Crippen LogP contribution >= 0.6 is 0 Å². The number of hydrogen-bond acceptors (Lipinski definition) is 6. The highest BCUT2D eigenvalue weighted by Crippen LogP contribution is 2.31. The number of rotatable bonds is 4. The fourth-order valence-corrected chi connectivity index (χ4v) is 3.45. The van der Waals surface area contributed by atoms with Gasteiger partial charge in [-0.2, -0.15) is 10.1 Å². The Hall–Kier alpha value is -3.81. The monoisotopic (exact) mass is 371 g/mol. The van der Waals surface area contributed by atoms with Crippen molar-refractivity contribution in [2.45, 2.75) is 13.5 Å². The van der Waals surface area contributed by atoms with Crippen LogP contribution in [0.3, 0.4) is 0 Å². The van der Waals surface area contributed by atoms with E-state index in [4.69, 9.17) is 4.74 Å². The Balaban J connectivity index is 1.67. The van der Waals surface area contributed by atoms with Gasteiger partial charge in [0, 0.05) is 42.5 Å². The molecule has 5 aromatic rings. The van der Waals surface area contributed by atoms with Gasteiger partial charge in [0.05, 0.1) is 12.6 Å². The lowest BCUT2D eigenvalue weighted by Gasteiger charge is -2.08. The molecule has 0 amide bonds. The normalized spacial score (nSPS) is 11.4. The molecule has 5 aromatic heterocycles. The lowest BCUT2D eigenvalue weighted by atomic mass is 10.1. The molecule has 28 heavy (non-hydrogen) atoms. The molecule has 8 heteroatoms. The van der Waals surface area contributed by atoms with E-state index in [2.05, 4.69) is 35.7 Å². The summed E-state index contributed by atoms with van der Waals surface area (Å²) < 4.78 is 9.34. The van der Waals surface area contributed by atoms with Crippen molar-refractivity contribution >= 4 is 16.7 Å². The second-order valence-electron chi connectivity index (χ2n) is 6.46. The number of ether oxygens (including phenoxy) is 1. The lowest BCUT2D eigenvalue weighted by molar-refractivity contribution is 0.399. The summed E-state index contributed by atoms with van der Waals surface area (Å²) in [4.78, 5) is 17.5. The highest BCUT2D eigenvalue weighted by Gasteiger charge is 2.15. The average Bonchev–Trinajstić information content (AvgIpc) is 3.30. The zero-order valence-electron chi connectivity index (χ0n) is 15.4. The highest BCUT2D eigenvalue weighted by atomic mass is 16.5. The molecule has 5 heterocycles. The van der Waals surface area contributed by atoms with Gasteiger partial charge in [0.25, 0.3) is 0 Å². The molecule has 0 aromatic carbocycles. The van der Waals surface area contributed by atoms with Crippen LogP contribution in [-0.4, -0.2) is 41.2 Å². The Kier molecular flexibility index (Phi) is 3.75. The summed E-state index contributed by atoms with van der Waals surface area (Å²) in [5, 5.41) is 4.26. The third-order valence-corrected chi connectivity index (χ3v) is 4.81. The van der Waals surface area contributed by atoms with E-state index < -0.39 is 0 Å². The van der Waals surface area contributed by atoms with Gasteiger partial charge in [0.2, 0.25) is 5.88 Å². The number of nitrogens with zero attached hydrogens (tertiary/aromatic N) is 7. The van der Waals surface area contributed by atoms with Crippen molar-refractivity contribution in [2.75, 3.05) is 7.11 Å². The van der Waals surface area contributed by atoms with Crippen molar-refractivity contribution in [3.63, 3.8) is 0 Å². The number of methoxy groups -OCH3 is 1. The Morgan fingerprint density at radius 2 is 1.96 bits per heavy atom. The van der Waals surface area contributed by atoms with Gasteiger partial charge in [-0.25, -0.2) is 14.5 Å². The summed E-state index contributed by atoms with van der Waals surface area (Å²) in [6, 6.07) is 8.11. The Labute approximate surface area is 160 Å². The van der Waals surface area contributed by atoms with E-state index in [1.54, 1.807) is 24.0 Å². The maximum atomic E-state index is 5.43. The summed E-state index contributed by atoms with van der Waals surface area (Å²) in [6.45, 7) is 2.70. The number of hydrogen-bond donors (Lipinski definition) is 0. The van der Waals surface area contributed by atoms with E-state index in [1.807, 2.05) is 37.5 Å². The molecule has 0 radical (unpaired) electrons. The van der Waals surface area contributed by atoms with Crippen molar-refractivity contribution in [2.24, 2.45) is 0 Å². The first kappa shape index (κ1) is 16.4.